The molecule has 0 fully saturated rings. The standard InChI is InChI=1S/C12H26O4.C11H13N3O2.C9H9N3O2.C7H11N3O2.CH4/c1-6-13-11(14-7-2)10(5)12(15-8-3)16-9-4;1-4-16-11(15)9-8(3)13-14-6-7(2)5-12-10(9)14;1-5-3-10-8-7(9(13)14)6(2)11-12(8)4-5;1-3-12-7(11)5-4(2)9-10-6(5)8;/h10-12H,6-9H2,1-5H3;5-6H,4H2,1-3H3;3-4H,1-2H3,(H,13,14);3H2,1-2H3,(H3,8,9,10);1H4. The number of hydrogen-bond donors (Lipinski definition) is 3. The van der Waals surface area contributed by atoms with Crippen LogP contribution < -0.4 is 5.73 Å². The van der Waals surface area contributed by atoms with Crippen LogP contribution in [0.15, 0.2) is 24.8 Å². The van der Waals surface area contributed by atoms with Gasteiger partial charge in [-0.05, 0) is 87.3 Å². The second-order valence-electron chi connectivity index (χ2n) is 12.5. The molecule has 328 valence electrons. The third-order valence-corrected chi connectivity index (χ3v) is 7.88. The normalized spacial score (nSPS) is 10.7. The van der Waals surface area contributed by atoms with Crippen molar-refractivity contribution < 1.29 is 47.9 Å². The summed E-state index contributed by atoms with van der Waals surface area (Å²) in [7, 11) is 0. The van der Waals surface area contributed by atoms with Gasteiger partial charge in [0.1, 0.15) is 16.7 Å². The van der Waals surface area contributed by atoms with E-state index in [1.807, 2.05) is 54.7 Å². The molecule has 0 saturated heterocycles. The van der Waals surface area contributed by atoms with E-state index < -0.39 is 11.9 Å². The molecular weight excluding hydrogens is 766 g/mol. The SMILES string of the molecule is C.CCOC(=O)c1c(C)nn2cc(C)cnc12.CCOC(=O)c1c(N)n[nH]c1C.CCOC(OCC)C(C)C(OCC)OCC.Cc1cnc2c(C(=O)O)c(C)nn2c1. The number of aromatic nitrogens is 8. The summed E-state index contributed by atoms with van der Waals surface area (Å²) in [6, 6.07) is 0. The number of aryl methyl sites for hydroxylation is 5. The number of carboxylic acids is 1. The summed E-state index contributed by atoms with van der Waals surface area (Å²) in [5.74, 6) is -1.55. The molecule has 0 aliphatic rings. The van der Waals surface area contributed by atoms with E-state index in [2.05, 4.69) is 30.4 Å². The zero-order valence-corrected chi connectivity index (χ0v) is 35.6. The van der Waals surface area contributed by atoms with Crippen molar-refractivity contribution in [2.24, 2.45) is 5.92 Å². The third kappa shape index (κ3) is 14.7. The Balaban J connectivity index is 0.000000393. The lowest BCUT2D eigenvalue weighted by molar-refractivity contribution is -0.242. The predicted molar refractivity (Wildman–Crippen MR) is 222 cm³/mol. The van der Waals surface area contributed by atoms with Gasteiger partial charge in [0, 0.05) is 56.9 Å². The van der Waals surface area contributed by atoms with E-state index in [4.69, 9.17) is 39.3 Å². The zero-order valence-electron chi connectivity index (χ0n) is 35.6. The number of esters is 2. The van der Waals surface area contributed by atoms with Gasteiger partial charge in [0.05, 0.1) is 30.5 Å². The molecule has 19 heteroatoms. The van der Waals surface area contributed by atoms with E-state index in [0.29, 0.717) is 79.1 Å². The van der Waals surface area contributed by atoms with Crippen LogP contribution >= 0.6 is 0 Å². The molecule has 0 unspecified atom stereocenters. The molecule has 0 bridgehead atoms. The number of hydrogen-bond acceptors (Lipinski definition) is 15. The summed E-state index contributed by atoms with van der Waals surface area (Å²) >= 11 is 0. The summed E-state index contributed by atoms with van der Waals surface area (Å²) in [6.07, 6.45) is 6.39. The number of fused-ring (bicyclic) bond motifs is 2. The summed E-state index contributed by atoms with van der Waals surface area (Å²) in [6.45, 7) is 25.5. The molecule has 5 heterocycles. The molecule has 0 aliphatic heterocycles. The Labute approximate surface area is 345 Å². The molecule has 5 rings (SSSR count). The molecule has 4 N–H and O–H groups in total. The number of nitrogens with two attached hydrogens (primary N) is 1. The van der Waals surface area contributed by atoms with Crippen molar-refractivity contribution in [1.82, 2.24) is 39.4 Å². The molecule has 0 saturated carbocycles. The second-order valence-corrected chi connectivity index (χ2v) is 12.5. The first kappa shape index (κ1) is 51.5. The highest BCUT2D eigenvalue weighted by Crippen LogP contribution is 2.19. The zero-order chi connectivity index (χ0) is 43.5. The van der Waals surface area contributed by atoms with Crippen LogP contribution in [0.2, 0.25) is 0 Å². The highest BCUT2D eigenvalue weighted by molar-refractivity contribution is 5.97. The van der Waals surface area contributed by atoms with Crippen molar-refractivity contribution in [2.45, 2.75) is 103 Å². The van der Waals surface area contributed by atoms with Crippen molar-refractivity contribution in [3.63, 3.8) is 0 Å². The van der Waals surface area contributed by atoms with Gasteiger partial charge in [-0.2, -0.15) is 15.3 Å². The summed E-state index contributed by atoms with van der Waals surface area (Å²) < 4.78 is 35.0. The minimum Gasteiger partial charge on any atom is -0.477 e. The number of nitrogen functional groups attached to an aromatic ring is 1. The Morgan fingerprint density at radius 1 is 0.678 bits per heavy atom. The Bertz CT molecular complexity index is 2010. The van der Waals surface area contributed by atoms with E-state index >= 15 is 0 Å². The monoisotopic (exact) mass is 829 g/mol. The summed E-state index contributed by atoms with van der Waals surface area (Å²) in [4.78, 5) is 42.0. The van der Waals surface area contributed by atoms with Crippen LogP contribution in [-0.4, -0.2) is 115 Å². The lowest BCUT2D eigenvalue weighted by Gasteiger charge is -2.29. The number of carboxylic acid groups (broad SMARTS) is 1. The highest BCUT2D eigenvalue weighted by Gasteiger charge is 2.28. The van der Waals surface area contributed by atoms with E-state index in [1.54, 1.807) is 57.7 Å². The lowest BCUT2D eigenvalue weighted by Crippen LogP contribution is -2.37. The van der Waals surface area contributed by atoms with Gasteiger partial charge in [0.15, 0.2) is 29.7 Å². The largest absolute Gasteiger partial charge is 0.477 e. The van der Waals surface area contributed by atoms with Crippen molar-refractivity contribution in [1.29, 1.82) is 0 Å². The van der Waals surface area contributed by atoms with Crippen molar-refractivity contribution in [3.8, 4) is 0 Å². The first-order valence-corrected chi connectivity index (χ1v) is 19.1. The third-order valence-electron chi connectivity index (χ3n) is 7.88. The van der Waals surface area contributed by atoms with E-state index in [-0.39, 0.29) is 43.3 Å². The molecule has 0 aliphatic carbocycles. The van der Waals surface area contributed by atoms with Gasteiger partial charge >= 0.3 is 17.9 Å². The molecule has 0 aromatic carbocycles. The summed E-state index contributed by atoms with van der Waals surface area (Å²) in [5.41, 5.74) is 11.0. The number of aromatic amines is 1. The van der Waals surface area contributed by atoms with E-state index in [0.717, 1.165) is 11.1 Å². The first-order chi connectivity index (χ1) is 27.6. The minimum atomic E-state index is -0.992. The van der Waals surface area contributed by atoms with Gasteiger partial charge in [0.2, 0.25) is 0 Å². The minimum absolute atomic E-state index is 0. The molecular formula is C40H63N9O10. The first-order valence-electron chi connectivity index (χ1n) is 19.1. The molecule has 5 aromatic rings. The average molecular weight is 830 g/mol. The van der Waals surface area contributed by atoms with Crippen LogP contribution in [0.25, 0.3) is 11.3 Å². The Morgan fingerprint density at radius 2 is 1.07 bits per heavy atom. The van der Waals surface area contributed by atoms with Gasteiger partial charge < -0.3 is 39.3 Å². The summed E-state index contributed by atoms with van der Waals surface area (Å²) in [5, 5.41) is 23.5. The lowest BCUT2D eigenvalue weighted by atomic mass is 10.1. The van der Waals surface area contributed by atoms with Gasteiger partial charge in [0.25, 0.3) is 0 Å². The molecule has 59 heavy (non-hydrogen) atoms. The number of carbonyl (C=O) groups excluding carboxylic acids is 2. The fourth-order valence-electron chi connectivity index (χ4n) is 5.37. The number of nitrogens with one attached hydrogen (secondary N) is 1. The number of aromatic carboxylic acids is 1. The smallest absolute Gasteiger partial charge is 0.343 e. The topological polar surface area (TPSA) is 242 Å². The highest BCUT2D eigenvalue weighted by atomic mass is 16.7. The fraction of sp³-hybridized carbons (Fsp3) is 0.550. The number of carbonyl (C=O) groups is 3. The van der Waals surface area contributed by atoms with Gasteiger partial charge in [-0.1, -0.05) is 14.4 Å². The Kier molecular flexibility index (Phi) is 22.5. The van der Waals surface area contributed by atoms with Crippen molar-refractivity contribution in [2.75, 3.05) is 45.4 Å². The quantitative estimate of drug-likeness (QED) is 0.0797. The van der Waals surface area contributed by atoms with Crippen LogP contribution in [0.3, 0.4) is 0 Å². The van der Waals surface area contributed by atoms with Crippen LogP contribution in [0.5, 0.6) is 0 Å². The van der Waals surface area contributed by atoms with E-state index in [1.165, 1.54) is 4.52 Å². The maximum Gasteiger partial charge on any atom is 0.343 e. The molecule has 5 aromatic heterocycles. The van der Waals surface area contributed by atoms with Gasteiger partial charge in [-0.15, -0.1) is 0 Å². The van der Waals surface area contributed by atoms with Crippen molar-refractivity contribution in [3.05, 3.63) is 69.7 Å². The Morgan fingerprint density at radius 3 is 1.42 bits per heavy atom. The number of rotatable bonds is 15. The number of nitrogens with zero attached hydrogens (tertiary/aromatic N) is 7. The Hall–Kier alpha value is -5.50. The predicted octanol–water partition coefficient (Wildman–Crippen LogP) is 6.10. The molecule has 0 spiro atoms. The number of anilines is 1. The van der Waals surface area contributed by atoms with Crippen LogP contribution in [0.1, 0.15) is 115 Å². The molecule has 0 radical (unpaired) electrons. The molecule has 0 atom stereocenters. The van der Waals surface area contributed by atoms with Crippen LogP contribution in [0.4, 0.5) is 5.82 Å². The second kappa shape index (κ2) is 25.8. The van der Waals surface area contributed by atoms with Crippen LogP contribution in [-0.2, 0) is 28.4 Å². The van der Waals surface area contributed by atoms with Crippen molar-refractivity contribution >= 4 is 35.0 Å². The maximum absolute atomic E-state index is 11.7. The van der Waals surface area contributed by atoms with Crippen LogP contribution in [0, 0.1) is 40.5 Å². The number of ether oxygens (including phenoxy) is 6. The average Bonchev–Trinajstić information content (AvgIpc) is 3.81. The molecule has 0 amide bonds. The van der Waals surface area contributed by atoms with Gasteiger partial charge in [-0.25, -0.2) is 33.4 Å². The van der Waals surface area contributed by atoms with E-state index in [9.17, 15) is 14.4 Å². The number of H-pyrrole nitrogens is 1. The molecule has 19 nitrogen and oxygen atoms in total. The van der Waals surface area contributed by atoms with Gasteiger partial charge in [-0.3, -0.25) is 5.10 Å². The fourth-order valence-corrected chi connectivity index (χ4v) is 5.37. The maximum atomic E-state index is 11.7.